The minimum Gasteiger partial charge on any atom is -0.477 e. The molecule has 0 spiro atoms. The van der Waals surface area contributed by atoms with Crippen molar-refractivity contribution < 1.29 is 48.5 Å². The lowest BCUT2D eigenvalue weighted by molar-refractivity contribution is -0.924. The average molecular weight is 565 g/mol. The highest BCUT2D eigenvalue weighted by atomic mass is 32.2. The number of rotatable bonds is 14. The Kier molecular flexibility index (Phi) is 9.74. The normalized spacial score (nSPS) is 19.9. The molecule has 2 amide bonds. The quantitative estimate of drug-likeness (QED) is 0.0588. The van der Waals surface area contributed by atoms with Gasteiger partial charge >= 0.3 is 5.97 Å². The predicted molar refractivity (Wildman–Crippen MR) is 129 cm³/mol. The van der Waals surface area contributed by atoms with Crippen LogP contribution in [0.15, 0.2) is 16.4 Å². The number of aliphatic carboxylic acids is 1. The summed E-state index contributed by atoms with van der Waals surface area (Å²) in [4.78, 5) is 47.2. The zero-order chi connectivity index (χ0) is 27.2. The molecular weight excluding hydrogens is 537 g/mol. The molecular formula is C19H27FN7O8S2+. The second-order valence-electron chi connectivity index (χ2n) is 8.09. The Morgan fingerprint density at radius 1 is 1.24 bits per heavy atom. The van der Waals surface area contributed by atoms with Crippen molar-refractivity contribution in [3.8, 4) is 0 Å². The first-order valence-electron chi connectivity index (χ1n) is 11.0. The van der Waals surface area contributed by atoms with Crippen molar-refractivity contribution in [1.82, 2.24) is 19.6 Å². The monoisotopic (exact) mass is 564 g/mol. The molecule has 0 aromatic carbocycles. The third kappa shape index (κ3) is 6.16. The standard InChI is InChI=1S/C19H26FN7O8S2/c20-9-35-24-11(14-23-19(21)37-25-14)15(31)22-12-16(32)26-13(18(33)34)10(8-36-17(12)26)7-27(1-4-28,2-5-29)3-6-30/h12,17,28-30H,1-9H2,(H3-,21,22,23,25,31,33,34)/p+1/t12-,17+/m1/s1. The number of carboxylic acid groups (broad SMARTS) is 1. The fourth-order valence-electron chi connectivity index (χ4n) is 4.23. The van der Waals surface area contributed by atoms with E-state index in [1.807, 2.05) is 0 Å². The third-order valence-corrected chi connectivity index (χ3v) is 7.74. The number of β-lactam (4-membered cyclic amide) rings is 1. The average Bonchev–Trinajstić information content (AvgIpc) is 3.28. The second kappa shape index (κ2) is 12.6. The number of halogens is 1. The first-order valence-corrected chi connectivity index (χ1v) is 12.8. The van der Waals surface area contributed by atoms with Gasteiger partial charge in [-0.25, -0.2) is 9.18 Å². The maximum absolute atomic E-state index is 13.0. The van der Waals surface area contributed by atoms with E-state index in [9.17, 15) is 39.2 Å². The van der Waals surface area contributed by atoms with Crippen LogP contribution < -0.4 is 11.1 Å². The van der Waals surface area contributed by atoms with Crippen molar-refractivity contribution in [1.29, 1.82) is 0 Å². The summed E-state index contributed by atoms with van der Waals surface area (Å²) in [6.07, 6.45) is 0. The number of anilines is 1. The largest absolute Gasteiger partial charge is 0.477 e. The lowest BCUT2D eigenvalue weighted by Gasteiger charge is -2.50. The number of nitrogens with two attached hydrogens (primary N) is 1. The molecule has 204 valence electrons. The molecule has 1 aromatic heterocycles. The maximum Gasteiger partial charge on any atom is 0.352 e. The number of aliphatic hydroxyl groups excluding tert-OH is 3. The molecule has 3 heterocycles. The zero-order valence-corrected chi connectivity index (χ0v) is 21.1. The number of thioether (sulfide) groups is 1. The number of carboxylic acids is 1. The summed E-state index contributed by atoms with van der Waals surface area (Å²) in [5, 5.41) is 43.6. The third-order valence-electron chi connectivity index (χ3n) is 5.86. The van der Waals surface area contributed by atoms with Crippen LogP contribution in [0.2, 0.25) is 0 Å². The SMILES string of the molecule is Nc1nc(C(=NOCF)C(=O)N[C@@H]2C(=O)N3C(C(=O)O)=C(C[N+](CCO)(CCO)CCO)CS[C@@H]23)ns1. The minimum absolute atomic E-state index is 0.0197. The Hall–Kier alpha value is -2.90. The molecule has 2 atom stereocenters. The van der Waals surface area contributed by atoms with E-state index >= 15 is 0 Å². The number of aliphatic hydroxyl groups is 3. The first kappa shape index (κ1) is 28.7. The number of nitrogens with zero attached hydrogens (tertiary/aromatic N) is 5. The van der Waals surface area contributed by atoms with Crippen LogP contribution in [-0.4, -0.2) is 133 Å². The molecule has 1 saturated heterocycles. The van der Waals surface area contributed by atoms with Gasteiger partial charge in [0.2, 0.25) is 11.5 Å². The Morgan fingerprint density at radius 3 is 2.41 bits per heavy atom. The summed E-state index contributed by atoms with van der Waals surface area (Å²) in [7, 11) is 0. The lowest BCUT2D eigenvalue weighted by atomic mass is 10.0. The van der Waals surface area contributed by atoms with Crippen molar-refractivity contribution in [3.63, 3.8) is 0 Å². The van der Waals surface area contributed by atoms with Crippen LogP contribution in [0.5, 0.6) is 0 Å². The Labute approximate surface area is 218 Å². The van der Waals surface area contributed by atoms with Crippen LogP contribution in [0.1, 0.15) is 5.82 Å². The molecule has 18 heteroatoms. The van der Waals surface area contributed by atoms with E-state index < -0.39 is 41.8 Å². The fourth-order valence-corrected chi connectivity index (χ4v) is 6.00. The summed E-state index contributed by atoms with van der Waals surface area (Å²) in [5.41, 5.74) is 5.16. The highest BCUT2D eigenvalue weighted by molar-refractivity contribution is 8.00. The van der Waals surface area contributed by atoms with Crippen molar-refractivity contribution in [2.75, 3.05) is 64.3 Å². The fraction of sp³-hybridized carbons (Fsp3) is 0.579. The molecule has 0 saturated carbocycles. The van der Waals surface area contributed by atoms with Gasteiger partial charge in [-0.3, -0.25) is 14.5 Å². The van der Waals surface area contributed by atoms with Gasteiger partial charge in [0.15, 0.2) is 5.13 Å². The van der Waals surface area contributed by atoms with Crippen molar-refractivity contribution >= 4 is 51.9 Å². The number of alkyl halides is 1. The number of hydrogen-bond acceptors (Lipinski definition) is 13. The summed E-state index contributed by atoms with van der Waals surface area (Å²) < 4.78 is 16.4. The molecule has 0 aliphatic carbocycles. The molecule has 1 fully saturated rings. The van der Waals surface area contributed by atoms with Gasteiger partial charge in [-0.2, -0.15) is 9.36 Å². The van der Waals surface area contributed by atoms with Crippen LogP contribution in [0.25, 0.3) is 0 Å². The van der Waals surface area contributed by atoms with E-state index in [0.29, 0.717) is 5.57 Å². The van der Waals surface area contributed by atoms with Crippen LogP contribution in [-0.2, 0) is 19.2 Å². The number of fused-ring (bicyclic) bond motifs is 1. The van der Waals surface area contributed by atoms with Gasteiger partial charge in [-0.1, -0.05) is 5.16 Å². The molecule has 15 nitrogen and oxygen atoms in total. The van der Waals surface area contributed by atoms with E-state index in [-0.39, 0.29) is 72.9 Å². The zero-order valence-electron chi connectivity index (χ0n) is 19.4. The van der Waals surface area contributed by atoms with Crippen molar-refractivity contribution in [2.45, 2.75) is 11.4 Å². The molecule has 0 bridgehead atoms. The number of nitrogen functional groups attached to an aromatic ring is 1. The number of amides is 2. The summed E-state index contributed by atoms with van der Waals surface area (Å²) in [6.45, 7) is -1.52. The van der Waals surface area contributed by atoms with E-state index in [1.54, 1.807) is 0 Å². The van der Waals surface area contributed by atoms with Gasteiger partial charge in [0, 0.05) is 22.9 Å². The number of nitrogens with one attached hydrogen (secondary N) is 1. The number of carbonyl (C=O) groups excluding carboxylic acids is 2. The number of quaternary nitrogens is 1. The van der Waals surface area contributed by atoms with Gasteiger partial charge in [-0.15, -0.1) is 11.8 Å². The molecule has 7 N–H and O–H groups in total. The minimum atomic E-state index is -1.35. The van der Waals surface area contributed by atoms with Crippen LogP contribution >= 0.6 is 23.3 Å². The summed E-state index contributed by atoms with van der Waals surface area (Å²) in [5.74, 6) is -3.04. The van der Waals surface area contributed by atoms with E-state index in [1.165, 1.54) is 11.8 Å². The number of carbonyl (C=O) groups is 3. The molecule has 1 aromatic rings. The maximum atomic E-state index is 13.0. The van der Waals surface area contributed by atoms with E-state index in [4.69, 9.17) is 5.73 Å². The molecule has 37 heavy (non-hydrogen) atoms. The highest BCUT2D eigenvalue weighted by Gasteiger charge is 2.55. The summed E-state index contributed by atoms with van der Waals surface area (Å²) >= 11 is 1.98. The smallest absolute Gasteiger partial charge is 0.352 e. The van der Waals surface area contributed by atoms with Gasteiger partial charge < -0.3 is 40.8 Å². The van der Waals surface area contributed by atoms with Crippen molar-refractivity contribution in [3.05, 3.63) is 17.1 Å². The van der Waals surface area contributed by atoms with E-state index in [2.05, 4.69) is 24.7 Å². The second-order valence-corrected chi connectivity index (χ2v) is 9.98. The first-order chi connectivity index (χ1) is 17.7. The number of hydrogen-bond donors (Lipinski definition) is 6. The molecule has 0 radical (unpaired) electrons. The van der Waals surface area contributed by atoms with Gasteiger partial charge in [0.25, 0.3) is 18.7 Å². The number of oxime groups is 1. The van der Waals surface area contributed by atoms with Crippen molar-refractivity contribution in [2.24, 2.45) is 5.16 Å². The van der Waals surface area contributed by atoms with Crippen LogP contribution in [0, 0.1) is 0 Å². The predicted octanol–water partition coefficient (Wildman–Crippen LogP) is -2.70. The van der Waals surface area contributed by atoms with Gasteiger partial charge in [-0.05, 0) is 0 Å². The molecule has 2 aliphatic rings. The van der Waals surface area contributed by atoms with Gasteiger partial charge in [0.05, 0.1) is 19.8 Å². The molecule has 0 unspecified atom stereocenters. The lowest BCUT2D eigenvalue weighted by Crippen LogP contribution is -2.71. The topological polar surface area (TPSA) is 221 Å². The highest BCUT2D eigenvalue weighted by Crippen LogP contribution is 2.41. The van der Waals surface area contributed by atoms with Crippen LogP contribution in [0.3, 0.4) is 0 Å². The van der Waals surface area contributed by atoms with Crippen LogP contribution in [0.4, 0.5) is 9.52 Å². The molecule has 3 rings (SSSR count). The number of aromatic nitrogens is 2. The van der Waals surface area contributed by atoms with E-state index in [0.717, 1.165) is 16.4 Å². The Balaban J connectivity index is 1.83. The van der Waals surface area contributed by atoms with Gasteiger partial charge in [0.1, 0.15) is 43.3 Å². The Morgan fingerprint density at radius 2 is 1.89 bits per heavy atom. The summed E-state index contributed by atoms with van der Waals surface area (Å²) in [6, 6.07) is -1.12. The Bertz CT molecular complexity index is 1070. The molecule has 2 aliphatic heterocycles.